The molecule has 2 saturated heterocycles. The molecule has 1 aromatic carbocycles. The maximum atomic E-state index is 13.4. The van der Waals surface area contributed by atoms with Crippen LogP contribution in [0.15, 0.2) is 42.7 Å². The fourth-order valence-corrected chi connectivity index (χ4v) is 5.28. The minimum absolute atomic E-state index is 0.123. The van der Waals surface area contributed by atoms with E-state index in [0.717, 1.165) is 11.6 Å². The Labute approximate surface area is 208 Å². The second-order valence-corrected chi connectivity index (χ2v) is 9.83. The van der Waals surface area contributed by atoms with E-state index in [-0.39, 0.29) is 23.7 Å². The summed E-state index contributed by atoms with van der Waals surface area (Å²) in [5.41, 5.74) is -0.374. The lowest BCUT2D eigenvalue weighted by molar-refractivity contribution is -0.141. The fourth-order valence-electron chi connectivity index (χ4n) is 5.28. The summed E-state index contributed by atoms with van der Waals surface area (Å²) in [6.07, 6.45) is 0.627. The maximum Gasteiger partial charge on any atom is 0.417 e. The molecule has 1 spiro atoms. The molecule has 2 aliphatic heterocycles. The zero-order valence-corrected chi connectivity index (χ0v) is 20.3. The number of halogens is 3. The Balaban J connectivity index is 1.51. The summed E-state index contributed by atoms with van der Waals surface area (Å²) < 4.78 is 40.3. The molecule has 0 radical (unpaired) electrons. The van der Waals surface area contributed by atoms with Crippen molar-refractivity contribution < 1.29 is 22.8 Å². The SMILES string of the molecule is CN(C)C(=O)C1CC2(CCN(c3ccc(C#N)c(C(F)(F)F)c3)CC2)CN1C(=O)Cc1ccncc1. The molecule has 0 saturated carbocycles. The summed E-state index contributed by atoms with van der Waals surface area (Å²) in [4.78, 5) is 35.3. The lowest BCUT2D eigenvalue weighted by Gasteiger charge is -2.40. The summed E-state index contributed by atoms with van der Waals surface area (Å²) in [5.74, 6) is -0.248. The van der Waals surface area contributed by atoms with Crippen molar-refractivity contribution in [1.82, 2.24) is 14.8 Å². The number of likely N-dealkylation sites (N-methyl/N-ethyl adjacent to an activating group) is 1. The van der Waals surface area contributed by atoms with Gasteiger partial charge >= 0.3 is 6.18 Å². The van der Waals surface area contributed by atoms with Crippen LogP contribution in [0.4, 0.5) is 18.9 Å². The number of pyridine rings is 1. The Kier molecular flexibility index (Phi) is 6.94. The van der Waals surface area contributed by atoms with Crippen LogP contribution >= 0.6 is 0 Å². The molecule has 2 aromatic rings. The third-order valence-corrected chi connectivity index (χ3v) is 7.28. The van der Waals surface area contributed by atoms with Crippen LogP contribution in [0.2, 0.25) is 0 Å². The fraction of sp³-hybridized carbons (Fsp3) is 0.462. The predicted octanol–water partition coefficient (Wildman–Crippen LogP) is 3.49. The van der Waals surface area contributed by atoms with Crippen LogP contribution in [0.1, 0.15) is 36.0 Å². The molecule has 2 amide bonds. The third kappa shape index (κ3) is 5.15. The number of benzene rings is 1. The van der Waals surface area contributed by atoms with E-state index < -0.39 is 23.3 Å². The van der Waals surface area contributed by atoms with Gasteiger partial charge in [-0.2, -0.15) is 18.4 Å². The van der Waals surface area contributed by atoms with Gasteiger partial charge in [0.25, 0.3) is 0 Å². The zero-order valence-electron chi connectivity index (χ0n) is 20.3. The van der Waals surface area contributed by atoms with Gasteiger partial charge in [-0.05, 0) is 60.6 Å². The third-order valence-electron chi connectivity index (χ3n) is 7.28. The molecule has 190 valence electrons. The Morgan fingerprint density at radius 2 is 1.83 bits per heavy atom. The number of aromatic nitrogens is 1. The summed E-state index contributed by atoms with van der Waals surface area (Å²) in [7, 11) is 3.34. The van der Waals surface area contributed by atoms with Gasteiger partial charge in [-0.1, -0.05) is 0 Å². The number of carbonyl (C=O) groups excluding carboxylic acids is 2. The van der Waals surface area contributed by atoms with Gasteiger partial charge in [0.15, 0.2) is 0 Å². The highest BCUT2D eigenvalue weighted by Gasteiger charge is 2.50. The summed E-state index contributed by atoms with van der Waals surface area (Å²) in [6, 6.07) is 8.40. The average molecular weight is 500 g/mol. The topological polar surface area (TPSA) is 80.5 Å². The van der Waals surface area contributed by atoms with Crippen LogP contribution in [-0.2, 0) is 22.2 Å². The van der Waals surface area contributed by atoms with E-state index in [2.05, 4.69) is 4.98 Å². The van der Waals surface area contributed by atoms with Gasteiger partial charge < -0.3 is 14.7 Å². The molecule has 3 heterocycles. The minimum Gasteiger partial charge on any atom is -0.371 e. The number of hydrogen-bond acceptors (Lipinski definition) is 5. The molecule has 10 heteroatoms. The van der Waals surface area contributed by atoms with Gasteiger partial charge in [0, 0.05) is 51.8 Å². The second-order valence-electron chi connectivity index (χ2n) is 9.83. The molecule has 2 aliphatic rings. The molecule has 0 bridgehead atoms. The molecule has 1 unspecified atom stereocenters. The van der Waals surface area contributed by atoms with E-state index in [1.54, 1.807) is 55.7 Å². The number of hydrogen-bond donors (Lipinski definition) is 0. The van der Waals surface area contributed by atoms with E-state index >= 15 is 0 Å². The summed E-state index contributed by atoms with van der Waals surface area (Å²) in [5, 5.41) is 9.06. The number of piperidine rings is 1. The van der Waals surface area contributed by atoms with Gasteiger partial charge in [-0.25, -0.2) is 0 Å². The molecule has 1 atom stereocenters. The molecule has 36 heavy (non-hydrogen) atoms. The van der Waals surface area contributed by atoms with Crippen molar-refractivity contribution in [3.63, 3.8) is 0 Å². The molecular weight excluding hydrogens is 471 g/mol. The number of likely N-dealkylation sites (tertiary alicyclic amines) is 1. The number of alkyl halides is 3. The average Bonchev–Trinajstić information content (AvgIpc) is 3.22. The van der Waals surface area contributed by atoms with E-state index in [0.29, 0.717) is 44.6 Å². The monoisotopic (exact) mass is 499 g/mol. The number of anilines is 1. The number of rotatable bonds is 4. The Morgan fingerprint density at radius 3 is 2.42 bits per heavy atom. The zero-order chi connectivity index (χ0) is 26.1. The molecule has 2 fully saturated rings. The predicted molar refractivity (Wildman–Crippen MR) is 127 cm³/mol. The van der Waals surface area contributed by atoms with Gasteiger partial charge in [0.05, 0.1) is 23.6 Å². The van der Waals surface area contributed by atoms with E-state index in [9.17, 15) is 22.8 Å². The van der Waals surface area contributed by atoms with Gasteiger partial charge in [0.1, 0.15) is 6.04 Å². The van der Waals surface area contributed by atoms with Crippen molar-refractivity contribution in [1.29, 1.82) is 5.26 Å². The van der Waals surface area contributed by atoms with Gasteiger partial charge in [0.2, 0.25) is 11.8 Å². The van der Waals surface area contributed by atoms with E-state index in [1.165, 1.54) is 11.0 Å². The Morgan fingerprint density at radius 1 is 1.17 bits per heavy atom. The summed E-state index contributed by atoms with van der Waals surface area (Å²) >= 11 is 0. The minimum atomic E-state index is -4.61. The van der Waals surface area contributed by atoms with Crippen LogP contribution in [0.5, 0.6) is 0 Å². The lowest BCUT2D eigenvalue weighted by Crippen LogP contribution is -2.46. The highest BCUT2D eigenvalue weighted by Crippen LogP contribution is 2.45. The highest BCUT2D eigenvalue weighted by atomic mass is 19.4. The first-order valence-electron chi connectivity index (χ1n) is 11.8. The second kappa shape index (κ2) is 9.80. The molecular formula is C26H28F3N5O2. The first-order valence-corrected chi connectivity index (χ1v) is 11.8. The van der Waals surface area contributed by atoms with Gasteiger partial charge in [-0.15, -0.1) is 0 Å². The Bertz CT molecular complexity index is 1170. The van der Waals surface area contributed by atoms with Crippen LogP contribution in [0.25, 0.3) is 0 Å². The normalized spacial score (nSPS) is 19.3. The van der Waals surface area contributed by atoms with Crippen LogP contribution in [-0.4, -0.2) is 66.4 Å². The van der Waals surface area contributed by atoms with Crippen molar-refractivity contribution >= 4 is 17.5 Å². The van der Waals surface area contributed by atoms with Gasteiger partial charge in [-0.3, -0.25) is 14.6 Å². The quantitative estimate of drug-likeness (QED) is 0.644. The first-order chi connectivity index (χ1) is 17.0. The Hall–Kier alpha value is -3.61. The standard InChI is InChI=1S/C26H28F3N5O2/c1-32(2)24(36)22-15-25(17-34(22)23(35)13-18-5-9-31-10-6-18)7-11-33(12-8-25)20-4-3-19(16-30)21(14-20)26(27,28)29/h3-6,9-10,14,22H,7-8,11-13,15,17H2,1-2H3. The summed E-state index contributed by atoms with van der Waals surface area (Å²) in [6.45, 7) is 1.44. The van der Waals surface area contributed by atoms with Crippen molar-refractivity contribution in [3.05, 3.63) is 59.4 Å². The largest absolute Gasteiger partial charge is 0.417 e. The van der Waals surface area contributed by atoms with Crippen LogP contribution < -0.4 is 4.90 Å². The highest BCUT2D eigenvalue weighted by molar-refractivity contribution is 5.89. The van der Waals surface area contributed by atoms with E-state index in [4.69, 9.17) is 5.26 Å². The smallest absolute Gasteiger partial charge is 0.371 e. The number of amides is 2. The van der Waals surface area contributed by atoms with Crippen LogP contribution in [0.3, 0.4) is 0 Å². The number of nitrogens with zero attached hydrogens (tertiary/aromatic N) is 5. The molecule has 7 nitrogen and oxygen atoms in total. The maximum absolute atomic E-state index is 13.4. The molecule has 1 aromatic heterocycles. The number of nitriles is 1. The first kappa shape index (κ1) is 25.5. The van der Waals surface area contributed by atoms with Crippen molar-refractivity contribution in [2.45, 2.75) is 37.9 Å². The van der Waals surface area contributed by atoms with Crippen molar-refractivity contribution in [2.24, 2.45) is 5.41 Å². The molecule has 0 aliphatic carbocycles. The van der Waals surface area contributed by atoms with Crippen molar-refractivity contribution in [2.75, 3.05) is 38.6 Å². The van der Waals surface area contributed by atoms with Crippen LogP contribution in [0, 0.1) is 16.7 Å². The number of carbonyl (C=O) groups is 2. The van der Waals surface area contributed by atoms with Crippen molar-refractivity contribution in [3.8, 4) is 6.07 Å². The lowest BCUT2D eigenvalue weighted by atomic mass is 9.76. The molecule has 4 rings (SSSR count). The van der Waals surface area contributed by atoms with E-state index in [1.807, 2.05) is 4.90 Å². The molecule has 0 N–H and O–H groups in total.